The predicted molar refractivity (Wildman–Crippen MR) is 111 cm³/mol. The Labute approximate surface area is 166 Å². The van der Waals surface area contributed by atoms with E-state index in [1.807, 2.05) is 24.3 Å². The molecule has 0 spiro atoms. The van der Waals surface area contributed by atoms with Gasteiger partial charge >= 0.3 is 0 Å². The van der Waals surface area contributed by atoms with Gasteiger partial charge in [-0.05, 0) is 49.1 Å². The highest BCUT2D eigenvalue weighted by atomic mass is 79.9. The topological polar surface area (TPSA) is 74.8 Å². The summed E-state index contributed by atoms with van der Waals surface area (Å²) in [4.78, 5) is 34.0. The summed E-state index contributed by atoms with van der Waals surface area (Å²) >= 11 is 6.43. The molecule has 2 aromatic heterocycles. The van der Waals surface area contributed by atoms with Gasteiger partial charge < -0.3 is 10.3 Å². The molecule has 1 aromatic carbocycles. The lowest BCUT2D eigenvalue weighted by atomic mass is 10.2. The summed E-state index contributed by atoms with van der Waals surface area (Å²) in [5.74, 6) is 1.36. The molecule has 1 amide bonds. The zero-order valence-electron chi connectivity index (χ0n) is 13.8. The Morgan fingerprint density at radius 3 is 2.92 bits per heavy atom. The second-order valence-corrected chi connectivity index (χ2v) is 9.08. The van der Waals surface area contributed by atoms with Crippen LogP contribution in [0.25, 0.3) is 10.2 Å². The second kappa shape index (κ2) is 7.54. The highest BCUT2D eigenvalue weighted by molar-refractivity contribution is 9.10. The fraction of sp³-hybridized carbons (Fsp3) is 0.278. The summed E-state index contributed by atoms with van der Waals surface area (Å²) in [7, 11) is 0. The molecule has 0 fully saturated rings. The third-order valence-electron chi connectivity index (χ3n) is 4.22. The number of halogens is 1. The molecule has 2 heterocycles. The molecule has 5 nitrogen and oxygen atoms in total. The number of nitrogens with zero attached hydrogens (tertiary/aromatic N) is 1. The first-order valence-corrected chi connectivity index (χ1v) is 11.0. The average molecular weight is 450 g/mol. The summed E-state index contributed by atoms with van der Waals surface area (Å²) in [5, 5.41) is 3.62. The number of aryl methyl sites for hydroxylation is 2. The monoisotopic (exact) mass is 449 g/mol. The number of hydrogen-bond donors (Lipinski definition) is 2. The Kier molecular flexibility index (Phi) is 5.15. The Morgan fingerprint density at radius 1 is 1.31 bits per heavy atom. The van der Waals surface area contributed by atoms with Gasteiger partial charge in [-0.1, -0.05) is 15.9 Å². The van der Waals surface area contributed by atoms with Crippen molar-refractivity contribution in [1.29, 1.82) is 0 Å². The fourth-order valence-corrected chi connectivity index (χ4v) is 5.32. The molecular weight excluding hydrogens is 434 g/mol. The summed E-state index contributed by atoms with van der Waals surface area (Å²) in [6.07, 6.45) is 3.15. The lowest BCUT2D eigenvalue weighted by molar-refractivity contribution is -0.113. The van der Waals surface area contributed by atoms with E-state index in [0.717, 1.165) is 39.6 Å². The number of rotatable bonds is 5. The van der Waals surface area contributed by atoms with Crippen LogP contribution in [0.4, 0.5) is 5.69 Å². The van der Waals surface area contributed by atoms with Crippen molar-refractivity contribution < 1.29 is 4.79 Å². The molecule has 4 rings (SSSR count). The molecule has 134 valence electrons. The number of H-pyrrole nitrogens is 1. The van der Waals surface area contributed by atoms with Crippen LogP contribution in [0.2, 0.25) is 0 Å². The molecule has 8 heteroatoms. The van der Waals surface area contributed by atoms with E-state index >= 15 is 0 Å². The largest absolute Gasteiger partial charge is 0.325 e. The molecule has 0 saturated carbocycles. The molecule has 26 heavy (non-hydrogen) atoms. The van der Waals surface area contributed by atoms with E-state index in [9.17, 15) is 9.59 Å². The van der Waals surface area contributed by atoms with Crippen molar-refractivity contribution in [3.05, 3.63) is 55.4 Å². The number of amides is 1. The van der Waals surface area contributed by atoms with E-state index in [-0.39, 0.29) is 11.5 Å². The van der Waals surface area contributed by atoms with Gasteiger partial charge in [0.2, 0.25) is 5.91 Å². The second-order valence-electron chi connectivity index (χ2n) is 6.10. The van der Waals surface area contributed by atoms with E-state index < -0.39 is 0 Å². The third kappa shape index (κ3) is 3.72. The summed E-state index contributed by atoms with van der Waals surface area (Å²) < 4.78 is 0.967. The fourth-order valence-electron chi connectivity index (χ4n) is 3.09. The third-order valence-corrected chi connectivity index (χ3v) is 6.88. The summed E-state index contributed by atoms with van der Waals surface area (Å²) in [5.41, 5.74) is 1.90. The van der Waals surface area contributed by atoms with Gasteiger partial charge in [-0.3, -0.25) is 9.59 Å². The van der Waals surface area contributed by atoms with Gasteiger partial charge in [0.15, 0.2) is 0 Å². The molecule has 0 aliphatic heterocycles. The molecular formula is C18H16BrN3O2S2. The lowest BCUT2D eigenvalue weighted by Gasteiger charge is -2.05. The number of benzene rings is 1. The van der Waals surface area contributed by atoms with E-state index in [0.29, 0.717) is 17.3 Å². The molecule has 1 aliphatic carbocycles. The van der Waals surface area contributed by atoms with Crippen molar-refractivity contribution >= 4 is 60.8 Å². The SMILES string of the molecule is O=C(CSCc1nc2sc3c(c2c(=O)[nH]1)CCC3)Nc1ccc(Br)cc1. The first-order valence-electron chi connectivity index (χ1n) is 8.27. The first kappa shape index (κ1) is 17.8. The maximum absolute atomic E-state index is 12.4. The Morgan fingerprint density at radius 2 is 2.12 bits per heavy atom. The van der Waals surface area contributed by atoms with Crippen molar-refractivity contribution in [2.24, 2.45) is 0 Å². The van der Waals surface area contributed by atoms with Crippen molar-refractivity contribution in [3.63, 3.8) is 0 Å². The summed E-state index contributed by atoms with van der Waals surface area (Å²) in [6, 6.07) is 7.45. The van der Waals surface area contributed by atoms with Gasteiger partial charge in [-0.15, -0.1) is 23.1 Å². The number of fused-ring (bicyclic) bond motifs is 3. The van der Waals surface area contributed by atoms with Crippen LogP contribution in [0.5, 0.6) is 0 Å². The highest BCUT2D eigenvalue weighted by Crippen LogP contribution is 2.34. The van der Waals surface area contributed by atoms with E-state index in [4.69, 9.17) is 0 Å². The number of aromatic amines is 1. The quantitative estimate of drug-likeness (QED) is 0.614. The van der Waals surface area contributed by atoms with Gasteiger partial charge in [0.05, 0.1) is 16.9 Å². The number of carbonyl (C=O) groups is 1. The predicted octanol–water partition coefficient (Wildman–Crippen LogP) is 4.11. The zero-order chi connectivity index (χ0) is 18.1. The van der Waals surface area contributed by atoms with Crippen LogP contribution in [-0.4, -0.2) is 21.6 Å². The van der Waals surface area contributed by atoms with E-state index in [1.165, 1.54) is 22.2 Å². The minimum atomic E-state index is -0.0733. The standard InChI is InChI=1S/C18H16BrN3O2S2/c19-10-4-6-11(7-5-10)20-15(23)9-25-8-14-21-17(24)16-12-2-1-3-13(12)26-18(16)22-14/h4-7H,1-3,8-9H2,(H,20,23)(H,21,22,24). The number of carbonyl (C=O) groups excluding carboxylic acids is 1. The van der Waals surface area contributed by atoms with Crippen LogP contribution in [0.1, 0.15) is 22.7 Å². The van der Waals surface area contributed by atoms with Gasteiger partial charge in [0.1, 0.15) is 10.7 Å². The van der Waals surface area contributed by atoms with Gasteiger partial charge in [-0.2, -0.15) is 0 Å². The molecule has 3 aromatic rings. The molecule has 0 unspecified atom stereocenters. The average Bonchev–Trinajstić information content (AvgIpc) is 3.17. The number of thiophene rings is 1. The Hall–Kier alpha value is -1.64. The van der Waals surface area contributed by atoms with Crippen LogP contribution in [0.3, 0.4) is 0 Å². The zero-order valence-corrected chi connectivity index (χ0v) is 17.0. The number of hydrogen-bond acceptors (Lipinski definition) is 5. The first-order chi connectivity index (χ1) is 12.6. The van der Waals surface area contributed by atoms with Crippen molar-refractivity contribution in [2.45, 2.75) is 25.0 Å². The smallest absolute Gasteiger partial charge is 0.259 e. The van der Waals surface area contributed by atoms with Crippen LogP contribution in [0, 0.1) is 0 Å². The van der Waals surface area contributed by atoms with Gasteiger partial charge in [0.25, 0.3) is 5.56 Å². The number of aromatic nitrogens is 2. The van der Waals surface area contributed by atoms with Gasteiger partial charge in [0, 0.05) is 15.0 Å². The Bertz CT molecular complexity index is 1030. The Balaban J connectivity index is 1.38. The van der Waals surface area contributed by atoms with Crippen LogP contribution in [-0.2, 0) is 23.4 Å². The molecule has 0 bridgehead atoms. The highest BCUT2D eigenvalue weighted by Gasteiger charge is 2.21. The van der Waals surface area contributed by atoms with Crippen molar-refractivity contribution in [1.82, 2.24) is 9.97 Å². The molecule has 1 aliphatic rings. The molecule has 2 N–H and O–H groups in total. The lowest BCUT2D eigenvalue weighted by Crippen LogP contribution is -2.15. The van der Waals surface area contributed by atoms with Crippen molar-refractivity contribution in [2.75, 3.05) is 11.1 Å². The van der Waals surface area contributed by atoms with Crippen LogP contribution < -0.4 is 10.9 Å². The van der Waals surface area contributed by atoms with E-state index in [2.05, 4.69) is 31.2 Å². The van der Waals surface area contributed by atoms with Crippen LogP contribution >= 0.6 is 39.0 Å². The van der Waals surface area contributed by atoms with E-state index in [1.54, 1.807) is 11.3 Å². The number of thioether (sulfide) groups is 1. The maximum atomic E-state index is 12.4. The minimum absolute atomic E-state index is 0.0516. The minimum Gasteiger partial charge on any atom is -0.325 e. The molecule has 0 atom stereocenters. The van der Waals surface area contributed by atoms with Gasteiger partial charge in [-0.25, -0.2) is 4.98 Å². The number of anilines is 1. The normalized spacial score (nSPS) is 13.1. The number of nitrogens with one attached hydrogen (secondary N) is 2. The summed E-state index contributed by atoms with van der Waals surface area (Å²) in [6.45, 7) is 0. The molecule has 0 saturated heterocycles. The molecule has 0 radical (unpaired) electrons. The van der Waals surface area contributed by atoms with Crippen molar-refractivity contribution in [3.8, 4) is 0 Å². The maximum Gasteiger partial charge on any atom is 0.259 e. The van der Waals surface area contributed by atoms with Crippen LogP contribution in [0.15, 0.2) is 33.5 Å².